The van der Waals surface area contributed by atoms with Gasteiger partial charge in [0.1, 0.15) is 5.65 Å². The van der Waals surface area contributed by atoms with Crippen molar-refractivity contribution in [3.05, 3.63) is 35.8 Å². The van der Waals surface area contributed by atoms with E-state index in [9.17, 15) is 0 Å². The molecule has 1 N–H and O–H groups in total. The molecule has 0 atom stereocenters. The van der Waals surface area contributed by atoms with Crippen molar-refractivity contribution in [2.75, 3.05) is 19.7 Å². The van der Waals surface area contributed by atoms with Gasteiger partial charge >= 0.3 is 0 Å². The van der Waals surface area contributed by atoms with E-state index in [1.807, 2.05) is 18.2 Å². The van der Waals surface area contributed by atoms with Crippen LogP contribution in [0.1, 0.15) is 38.6 Å². The monoisotopic (exact) mass is 289 g/mol. The second-order valence-corrected chi connectivity index (χ2v) is 6.92. The van der Waals surface area contributed by atoms with Crippen LogP contribution in [0.2, 0.25) is 0 Å². The van der Waals surface area contributed by atoms with Crippen LogP contribution in [0.25, 0.3) is 5.65 Å². The minimum atomic E-state index is 0.240. The number of nitrogens with zero attached hydrogens (tertiary/aromatic N) is 3. The molecule has 0 aromatic carbocycles. The molecule has 2 heterocycles. The summed E-state index contributed by atoms with van der Waals surface area (Å²) in [6.45, 7) is 11.9. The number of aryl methyl sites for hydroxylation is 1. The molecule has 0 aliphatic rings. The van der Waals surface area contributed by atoms with Crippen molar-refractivity contribution in [1.82, 2.24) is 14.3 Å². The van der Waals surface area contributed by atoms with Gasteiger partial charge in [-0.2, -0.15) is 0 Å². The molecular weight excluding hydrogens is 262 g/mol. The predicted molar refractivity (Wildman–Crippen MR) is 86.4 cm³/mol. The zero-order valence-corrected chi connectivity index (χ0v) is 13.6. The van der Waals surface area contributed by atoms with Gasteiger partial charge in [0, 0.05) is 32.4 Å². The van der Waals surface area contributed by atoms with Crippen molar-refractivity contribution >= 4 is 5.65 Å². The SMILES string of the molecule is Cc1nc2ccccn2c1CN(CCCO)CC(C)(C)C. The third kappa shape index (κ3) is 4.29. The summed E-state index contributed by atoms with van der Waals surface area (Å²) in [5.41, 5.74) is 3.57. The number of aromatic nitrogens is 2. The van der Waals surface area contributed by atoms with Gasteiger partial charge in [-0.05, 0) is 30.9 Å². The molecule has 0 unspecified atom stereocenters. The first-order chi connectivity index (χ1) is 9.90. The van der Waals surface area contributed by atoms with E-state index >= 15 is 0 Å². The predicted octanol–water partition coefficient (Wildman–Crippen LogP) is 2.87. The summed E-state index contributed by atoms with van der Waals surface area (Å²) in [6.07, 6.45) is 2.89. The summed E-state index contributed by atoms with van der Waals surface area (Å²) in [6, 6.07) is 6.10. The Morgan fingerprint density at radius 1 is 1.29 bits per heavy atom. The lowest BCUT2D eigenvalue weighted by atomic mass is 9.96. The fourth-order valence-electron chi connectivity index (χ4n) is 2.75. The number of rotatable bonds is 6. The molecule has 0 saturated heterocycles. The van der Waals surface area contributed by atoms with Crippen LogP contribution >= 0.6 is 0 Å². The van der Waals surface area contributed by atoms with Crippen molar-refractivity contribution in [2.45, 2.75) is 40.7 Å². The van der Waals surface area contributed by atoms with Crippen LogP contribution in [0.15, 0.2) is 24.4 Å². The first kappa shape index (κ1) is 16.0. The van der Waals surface area contributed by atoms with Crippen molar-refractivity contribution in [3.8, 4) is 0 Å². The molecule has 0 aliphatic carbocycles. The average Bonchev–Trinajstić information content (AvgIpc) is 2.71. The molecule has 116 valence electrons. The van der Waals surface area contributed by atoms with Crippen molar-refractivity contribution in [2.24, 2.45) is 5.41 Å². The number of fused-ring (bicyclic) bond motifs is 1. The van der Waals surface area contributed by atoms with Crippen molar-refractivity contribution < 1.29 is 5.11 Å². The molecule has 0 amide bonds. The molecule has 0 aliphatic heterocycles. The minimum absolute atomic E-state index is 0.240. The zero-order chi connectivity index (χ0) is 15.5. The number of hydrogen-bond donors (Lipinski definition) is 1. The van der Waals surface area contributed by atoms with Crippen LogP contribution in [-0.4, -0.2) is 39.1 Å². The molecule has 0 radical (unpaired) electrons. The first-order valence-electron chi connectivity index (χ1n) is 7.66. The highest BCUT2D eigenvalue weighted by Crippen LogP contribution is 2.19. The average molecular weight is 289 g/mol. The van der Waals surface area contributed by atoms with Crippen LogP contribution in [-0.2, 0) is 6.54 Å². The molecule has 21 heavy (non-hydrogen) atoms. The summed E-state index contributed by atoms with van der Waals surface area (Å²) >= 11 is 0. The highest BCUT2D eigenvalue weighted by atomic mass is 16.3. The van der Waals surface area contributed by atoms with Gasteiger partial charge < -0.3 is 9.51 Å². The van der Waals surface area contributed by atoms with Crippen LogP contribution in [0.5, 0.6) is 0 Å². The van der Waals surface area contributed by atoms with E-state index in [0.717, 1.165) is 37.4 Å². The van der Waals surface area contributed by atoms with E-state index in [1.165, 1.54) is 5.69 Å². The summed E-state index contributed by atoms with van der Waals surface area (Å²) < 4.78 is 2.17. The van der Waals surface area contributed by atoms with Crippen LogP contribution in [0.3, 0.4) is 0 Å². The molecule has 2 aromatic heterocycles. The van der Waals surface area contributed by atoms with Gasteiger partial charge in [0.05, 0.1) is 11.4 Å². The lowest BCUT2D eigenvalue weighted by molar-refractivity contribution is 0.164. The van der Waals surface area contributed by atoms with Gasteiger partial charge in [-0.1, -0.05) is 26.8 Å². The maximum absolute atomic E-state index is 9.12. The maximum atomic E-state index is 9.12. The number of aliphatic hydroxyl groups is 1. The largest absolute Gasteiger partial charge is 0.396 e. The zero-order valence-electron chi connectivity index (χ0n) is 13.6. The number of hydrogen-bond acceptors (Lipinski definition) is 3. The second-order valence-electron chi connectivity index (χ2n) is 6.92. The normalized spacial score (nSPS) is 12.5. The standard InChI is InChI=1S/C17H27N3O/c1-14-15(20-10-6-5-8-16(20)18-14)12-19(9-7-11-21)13-17(2,3)4/h5-6,8,10,21H,7,9,11-13H2,1-4H3. The molecular formula is C17H27N3O. The molecule has 2 aromatic rings. The highest BCUT2D eigenvalue weighted by molar-refractivity contribution is 5.42. The Kier molecular flexibility index (Phi) is 5.01. The van der Waals surface area contributed by atoms with Crippen LogP contribution < -0.4 is 0 Å². The van der Waals surface area contributed by atoms with Gasteiger partial charge in [0.25, 0.3) is 0 Å². The van der Waals surface area contributed by atoms with E-state index in [4.69, 9.17) is 5.11 Å². The molecule has 0 bridgehead atoms. The number of imidazole rings is 1. The van der Waals surface area contributed by atoms with E-state index in [-0.39, 0.29) is 12.0 Å². The van der Waals surface area contributed by atoms with E-state index in [0.29, 0.717) is 0 Å². The van der Waals surface area contributed by atoms with Gasteiger partial charge in [-0.3, -0.25) is 4.90 Å². The Bertz CT molecular complexity index is 583. The van der Waals surface area contributed by atoms with E-state index < -0.39 is 0 Å². The van der Waals surface area contributed by atoms with Crippen molar-refractivity contribution in [3.63, 3.8) is 0 Å². The second kappa shape index (κ2) is 6.58. The van der Waals surface area contributed by atoms with Crippen LogP contribution in [0, 0.1) is 12.3 Å². The Balaban J connectivity index is 2.23. The molecule has 2 rings (SSSR count). The summed E-state index contributed by atoms with van der Waals surface area (Å²) in [7, 11) is 0. The molecule has 0 fully saturated rings. The molecule has 0 saturated carbocycles. The van der Waals surface area contributed by atoms with E-state index in [1.54, 1.807) is 0 Å². The first-order valence-corrected chi connectivity index (χ1v) is 7.66. The van der Waals surface area contributed by atoms with Gasteiger partial charge in [0.15, 0.2) is 0 Å². The Morgan fingerprint density at radius 3 is 2.71 bits per heavy atom. The van der Waals surface area contributed by atoms with E-state index in [2.05, 4.69) is 48.2 Å². The van der Waals surface area contributed by atoms with Gasteiger partial charge in [-0.15, -0.1) is 0 Å². The minimum Gasteiger partial charge on any atom is -0.396 e. The maximum Gasteiger partial charge on any atom is 0.137 e. The number of pyridine rings is 1. The summed E-state index contributed by atoms with van der Waals surface area (Å²) in [5.74, 6) is 0. The lowest BCUT2D eigenvalue weighted by Crippen LogP contribution is -2.34. The Labute approximate surface area is 127 Å². The fraction of sp³-hybridized carbons (Fsp3) is 0.588. The van der Waals surface area contributed by atoms with Gasteiger partial charge in [-0.25, -0.2) is 4.98 Å². The Morgan fingerprint density at radius 2 is 2.05 bits per heavy atom. The molecule has 0 spiro atoms. The fourth-order valence-corrected chi connectivity index (χ4v) is 2.75. The summed E-state index contributed by atoms with van der Waals surface area (Å²) in [4.78, 5) is 7.05. The molecule has 4 heteroatoms. The third-order valence-corrected chi connectivity index (χ3v) is 3.53. The number of aliphatic hydroxyl groups excluding tert-OH is 1. The van der Waals surface area contributed by atoms with Crippen molar-refractivity contribution in [1.29, 1.82) is 0 Å². The Hall–Kier alpha value is -1.39. The smallest absolute Gasteiger partial charge is 0.137 e. The highest BCUT2D eigenvalue weighted by Gasteiger charge is 2.19. The van der Waals surface area contributed by atoms with Gasteiger partial charge in [0.2, 0.25) is 0 Å². The topological polar surface area (TPSA) is 40.8 Å². The molecule has 4 nitrogen and oxygen atoms in total. The quantitative estimate of drug-likeness (QED) is 0.889. The van der Waals surface area contributed by atoms with Crippen LogP contribution in [0.4, 0.5) is 0 Å². The third-order valence-electron chi connectivity index (χ3n) is 3.53. The summed E-state index contributed by atoms with van der Waals surface area (Å²) in [5, 5.41) is 9.12. The lowest BCUT2D eigenvalue weighted by Gasteiger charge is -2.29.